The minimum Gasteiger partial charge on any atom is -0.490 e. The van der Waals surface area contributed by atoms with Gasteiger partial charge in [-0.15, -0.1) is 0 Å². The minimum absolute atomic E-state index is 0.0979. The average Bonchev–Trinajstić information content (AvgIpc) is 3.07. The smallest absolute Gasteiger partial charge is 0.312 e. The first-order valence-corrected chi connectivity index (χ1v) is 11.6. The van der Waals surface area contributed by atoms with Crippen LogP contribution in [0.4, 0.5) is 5.69 Å². The SMILES string of the molecule is CCOc1cc(/C=N/NC(=O)Cn2nc(C)c([N+](=O)[O-])c2C)cc(Br)c1OCc1ccc(C)cc1. The Morgan fingerprint density at radius 3 is 2.57 bits per heavy atom. The van der Waals surface area contributed by atoms with E-state index in [4.69, 9.17) is 9.47 Å². The summed E-state index contributed by atoms with van der Waals surface area (Å²) in [5.41, 5.74) is 5.75. The van der Waals surface area contributed by atoms with Crippen LogP contribution in [0.3, 0.4) is 0 Å². The number of benzene rings is 2. The molecule has 0 atom stereocenters. The molecule has 3 aromatic rings. The van der Waals surface area contributed by atoms with Crippen LogP contribution in [0.5, 0.6) is 11.5 Å². The molecule has 1 heterocycles. The summed E-state index contributed by atoms with van der Waals surface area (Å²) < 4.78 is 13.7. The van der Waals surface area contributed by atoms with Gasteiger partial charge in [-0.1, -0.05) is 29.8 Å². The Balaban J connectivity index is 1.67. The van der Waals surface area contributed by atoms with Gasteiger partial charge in [0.15, 0.2) is 11.5 Å². The predicted octanol–water partition coefficient (Wildman–Crippen LogP) is 4.61. The van der Waals surface area contributed by atoms with Gasteiger partial charge in [-0.05, 0) is 66.9 Å². The number of carbonyl (C=O) groups excluding carboxylic acids is 1. The zero-order chi connectivity index (χ0) is 25.5. The number of nitrogens with zero attached hydrogens (tertiary/aromatic N) is 4. The number of ether oxygens (including phenoxy) is 2. The first-order valence-electron chi connectivity index (χ1n) is 10.8. The molecule has 0 unspecified atom stereocenters. The fraction of sp³-hybridized carbons (Fsp3) is 0.292. The van der Waals surface area contributed by atoms with Crippen LogP contribution in [-0.2, 0) is 17.9 Å². The number of hydrazone groups is 1. The molecule has 0 fully saturated rings. The van der Waals surface area contributed by atoms with Gasteiger partial charge in [0, 0.05) is 0 Å². The number of hydrogen-bond acceptors (Lipinski definition) is 7. The molecular formula is C24H26BrN5O5. The lowest BCUT2D eigenvalue weighted by molar-refractivity contribution is -0.386. The summed E-state index contributed by atoms with van der Waals surface area (Å²) in [7, 11) is 0. The van der Waals surface area contributed by atoms with Crippen molar-refractivity contribution >= 4 is 33.7 Å². The third kappa shape index (κ3) is 6.66. The maximum absolute atomic E-state index is 12.3. The molecule has 0 saturated heterocycles. The molecular weight excluding hydrogens is 518 g/mol. The summed E-state index contributed by atoms with van der Waals surface area (Å²) in [6.07, 6.45) is 1.47. The normalized spacial score (nSPS) is 11.0. The second-order valence-electron chi connectivity index (χ2n) is 7.76. The molecule has 10 nitrogen and oxygen atoms in total. The van der Waals surface area contributed by atoms with E-state index in [9.17, 15) is 14.9 Å². The lowest BCUT2D eigenvalue weighted by Gasteiger charge is -2.15. The zero-order valence-corrected chi connectivity index (χ0v) is 21.5. The highest BCUT2D eigenvalue weighted by atomic mass is 79.9. The quantitative estimate of drug-likeness (QED) is 0.226. The van der Waals surface area contributed by atoms with Crippen molar-refractivity contribution in [2.24, 2.45) is 5.10 Å². The molecule has 0 aliphatic rings. The summed E-state index contributed by atoms with van der Waals surface area (Å²) in [5.74, 6) is 0.639. The van der Waals surface area contributed by atoms with Crippen molar-refractivity contribution in [2.45, 2.75) is 40.8 Å². The number of nitrogens with one attached hydrogen (secondary N) is 1. The molecule has 2 aromatic carbocycles. The number of aryl methyl sites for hydroxylation is 2. The second-order valence-corrected chi connectivity index (χ2v) is 8.62. The van der Waals surface area contributed by atoms with Crippen molar-refractivity contribution in [1.82, 2.24) is 15.2 Å². The van der Waals surface area contributed by atoms with Gasteiger partial charge in [0.1, 0.15) is 24.5 Å². The molecule has 1 N–H and O–H groups in total. The minimum atomic E-state index is -0.508. The average molecular weight is 544 g/mol. The summed E-state index contributed by atoms with van der Waals surface area (Å²) in [5, 5.41) is 19.2. The third-order valence-corrected chi connectivity index (χ3v) is 5.65. The van der Waals surface area contributed by atoms with E-state index < -0.39 is 10.8 Å². The van der Waals surface area contributed by atoms with E-state index in [1.165, 1.54) is 23.4 Å². The van der Waals surface area contributed by atoms with Gasteiger partial charge in [-0.25, -0.2) is 5.43 Å². The van der Waals surface area contributed by atoms with Gasteiger partial charge in [-0.2, -0.15) is 10.2 Å². The van der Waals surface area contributed by atoms with Gasteiger partial charge >= 0.3 is 5.69 Å². The molecule has 3 rings (SSSR count). The van der Waals surface area contributed by atoms with E-state index in [0.29, 0.717) is 40.4 Å². The van der Waals surface area contributed by atoms with Crippen molar-refractivity contribution in [3.63, 3.8) is 0 Å². The highest BCUT2D eigenvalue weighted by Crippen LogP contribution is 2.37. The number of rotatable bonds is 10. The van der Waals surface area contributed by atoms with Crippen molar-refractivity contribution in [1.29, 1.82) is 0 Å². The van der Waals surface area contributed by atoms with Gasteiger partial charge < -0.3 is 9.47 Å². The zero-order valence-electron chi connectivity index (χ0n) is 19.9. The van der Waals surface area contributed by atoms with Crippen molar-refractivity contribution < 1.29 is 19.2 Å². The molecule has 1 aromatic heterocycles. The van der Waals surface area contributed by atoms with E-state index in [-0.39, 0.29) is 17.9 Å². The Morgan fingerprint density at radius 2 is 1.94 bits per heavy atom. The Hall–Kier alpha value is -3.73. The van der Waals surface area contributed by atoms with Crippen LogP contribution in [0, 0.1) is 30.9 Å². The molecule has 0 aliphatic heterocycles. The van der Waals surface area contributed by atoms with Crippen LogP contribution >= 0.6 is 15.9 Å². The Bertz CT molecular complexity index is 1250. The van der Waals surface area contributed by atoms with Gasteiger partial charge in [0.2, 0.25) is 0 Å². The van der Waals surface area contributed by atoms with E-state index in [1.807, 2.05) is 38.1 Å². The summed E-state index contributed by atoms with van der Waals surface area (Å²) in [6, 6.07) is 11.6. The third-order valence-electron chi connectivity index (χ3n) is 5.06. The monoisotopic (exact) mass is 543 g/mol. The van der Waals surface area contributed by atoms with Gasteiger partial charge in [0.25, 0.3) is 5.91 Å². The van der Waals surface area contributed by atoms with E-state index in [2.05, 4.69) is 31.6 Å². The summed E-state index contributed by atoms with van der Waals surface area (Å²) >= 11 is 3.53. The fourth-order valence-electron chi connectivity index (χ4n) is 3.36. The molecule has 184 valence electrons. The Morgan fingerprint density at radius 1 is 1.23 bits per heavy atom. The lowest BCUT2D eigenvalue weighted by atomic mass is 10.2. The fourth-order valence-corrected chi connectivity index (χ4v) is 3.94. The van der Waals surface area contributed by atoms with Crippen molar-refractivity contribution in [3.8, 4) is 11.5 Å². The van der Waals surface area contributed by atoms with Crippen molar-refractivity contribution in [2.75, 3.05) is 6.61 Å². The number of nitro groups is 1. The molecule has 0 radical (unpaired) electrons. The van der Waals surface area contributed by atoms with E-state index >= 15 is 0 Å². The Kier molecular flexibility index (Phi) is 8.58. The highest BCUT2D eigenvalue weighted by Gasteiger charge is 2.22. The largest absolute Gasteiger partial charge is 0.490 e. The summed E-state index contributed by atoms with van der Waals surface area (Å²) in [6.45, 7) is 7.61. The van der Waals surface area contributed by atoms with E-state index in [1.54, 1.807) is 19.1 Å². The lowest BCUT2D eigenvalue weighted by Crippen LogP contribution is -2.24. The van der Waals surface area contributed by atoms with E-state index in [0.717, 1.165) is 5.56 Å². The number of carbonyl (C=O) groups is 1. The first kappa shape index (κ1) is 25.9. The number of halogens is 1. The van der Waals surface area contributed by atoms with Crippen LogP contribution in [0.1, 0.15) is 35.0 Å². The van der Waals surface area contributed by atoms with Crippen LogP contribution < -0.4 is 14.9 Å². The molecule has 35 heavy (non-hydrogen) atoms. The second kappa shape index (κ2) is 11.6. The van der Waals surface area contributed by atoms with Crippen LogP contribution in [0.15, 0.2) is 46.0 Å². The van der Waals surface area contributed by atoms with Crippen LogP contribution in [0.2, 0.25) is 0 Å². The molecule has 1 amide bonds. The number of amides is 1. The Labute approximate surface area is 211 Å². The van der Waals surface area contributed by atoms with Crippen LogP contribution in [0.25, 0.3) is 0 Å². The van der Waals surface area contributed by atoms with Gasteiger partial charge in [-0.3, -0.25) is 19.6 Å². The molecule has 11 heteroatoms. The number of hydrogen-bond donors (Lipinski definition) is 1. The number of aromatic nitrogens is 2. The van der Waals surface area contributed by atoms with Gasteiger partial charge in [0.05, 0.1) is 22.2 Å². The van der Waals surface area contributed by atoms with Crippen molar-refractivity contribution in [3.05, 3.63) is 79.1 Å². The topological polar surface area (TPSA) is 121 Å². The highest BCUT2D eigenvalue weighted by molar-refractivity contribution is 9.10. The summed E-state index contributed by atoms with van der Waals surface area (Å²) in [4.78, 5) is 22.9. The predicted molar refractivity (Wildman–Crippen MR) is 135 cm³/mol. The molecule has 0 aliphatic carbocycles. The molecule has 0 spiro atoms. The first-order chi connectivity index (χ1) is 16.7. The molecule has 0 bridgehead atoms. The standard InChI is InChI=1S/C24H26BrN5O5/c1-5-34-21-11-19(10-20(25)24(21)35-14-18-8-6-15(2)7-9-18)12-26-27-22(31)13-29-17(4)23(30(32)33)16(3)28-29/h6-12H,5,13-14H2,1-4H3,(H,27,31)/b26-12+. The van der Waals surface area contributed by atoms with Crippen LogP contribution in [-0.4, -0.2) is 33.4 Å². The molecule has 0 saturated carbocycles. The maximum Gasteiger partial charge on any atom is 0.312 e. The maximum atomic E-state index is 12.3.